The number of hydrogen-bond donors (Lipinski definition) is 2. The highest BCUT2D eigenvalue weighted by Crippen LogP contribution is 2.21. The van der Waals surface area contributed by atoms with E-state index in [4.69, 9.17) is 5.73 Å². The van der Waals surface area contributed by atoms with Crippen LogP contribution >= 0.6 is 0 Å². The van der Waals surface area contributed by atoms with Crippen LogP contribution in [0.15, 0.2) is 23.1 Å². The summed E-state index contributed by atoms with van der Waals surface area (Å²) in [5.41, 5.74) is 5.50. The van der Waals surface area contributed by atoms with Crippen molar-refractivity contribution < 1.29 is 17.6 Å². The molecule has 0 aliphatic heterocycles. The second-order valence-corrected chi connectivity index (χ2v) is 7.25. The van der Waals surface area contributed by atoms with Crippen molar-refractivity contribution in [2.45, 2.75) is 30.9 Å². The molecule has 0 aliphatic carbocycles. The Kier molecular flexibility index (Phi) is 5.10. The largest absolute Gasteiger partial charge is 0.399 e. The molecule has 0 aromatic heterocycles. The molecule has 5 nitrogen and oxygen atoms in total. The van der Waals surface area contributed by atoms with Crippen molar-refractivity contribution in [2.24, 2.45) is 5.92 Å². The van der Waals surface area contributed by atoms with Crippen LogP contribution in [0.4, 0.5) is 10.1 Å². The highest BCUT2D eigenvalue weighted by atomic mass is 32.2. The lowest BCUT2D eigenvalue weighted by molar-refractivity contribution is -0.120. The molecule has 112 valence electrons. The lowest BCUT2D eigenvalue weighted by atomic mass is 10.2. The average molecular weight is 302 g/mol. The normalized spacial score (nSPS) is 13.2. The number of halogens is 1. The van der Waals surface area contributed by atoms with E-state index in [1.807, 2.05) is 13.8 Å². The molecule has 0 aliphatic rings. The molecule has 0 saturated carbocycles. The van der Waals surface area contributed by atoms with Gasteiger partial charge in [0, 0.05) is 12.2 Å². The first-order chi connectivity index (χ1) is 9.16. The Hall–Kier alpha value is -1.63. The van der Waals surface area contributed by atoms with Crippen LogP contribution in [-0.2, 0) is 14.6 Å². The van der Waals surface area contributed by atoms with Crippen LogP contribution in [0.1, 0.15) is 20.8 Å². The smallest absolute Gasteiger partial charge is 0.238 e. The van der Waals surface area contributed by atoms with E-state index in [0.29, 0.717) is 6.54 Å². The summed E-state index contributed by atoms with van der Waals surface area (Å²) in [6.07, 6.45) is 0. The van der Waals surface area contributed by atoms with Crippen LogP contribution < -0.4 is 11.1 Å². The van der Waals surface area contributed by atoms with E-state index in [2.05, 4.69) is 5.32 Å². The monoisotopic (exact) mass is 302 g/mol. The number of nitrogens with two attached hydrogens (primary N) is 1. The third-order valence-electron chi connectivity index (χ3n) is 2.78. The SMILES string of the molecule is CC(C)CNC(=O)C(C)S(=O)(=O)c1ccc(N)cc1F. The zero-order valence-electron chi connectivity index (χ0n) is 11.7. The maximum Gasteiger partial charge on any atom is 0.238 e. The minimum Gasteiger partial charge on any atom is -0.399 e. The topological polar surface area (TPSA) is 89.3 Å². The van der Waals surface area contributed by atoms with Gasteiger partial charge < -0.3 is 11.1 Å². The molecule has 0 radical (unpaired) electrons. The van der Waals surface area contributed by atoms with E-state index in [-0.39, 0.29) is 11.6 Å². The Balaban J connectivity index is 3.01. The number of hydrogen-bond acceptors (Lipinski definition) is 4. The van der Waals surface area contributed by atoms with E-state index < -0.39 is 31.7 Å². The van der Waals surface area contributed by atoms with Crippen molar-refractivity contribution in [1.29, 1.82) is 0 Å². The molecule has 0 saturated heterocycles. The van der Waals surface area contributed by atoms with Gasteiger partial charge in [-0.15, -0.1) is 0 Å². The first-order valence-electron chi connectivity index (χ1n) is 6.23. The Morgan fingerprint density at radius 1 is 1.35 bits per heavy atom. The van der Waals surface area contributed by atoms with Gasteiger partial charge >= 0.3 is 0 Å². The van der Waals surface area contributed by atoms with Gasteiger partial charge in [0.05, 0.1) is 0 Å². The molecule has 1 amide bonds. The number of anilines is 1. The second-order valence-electron chi connectivity index (χ2n) is 5.02. The van der Waals surface area contributed by atoms with Gasteiger partial charge in [-0.25, -0.2) is 12.8 Å². The Labute approximate surface area is 118 Å². The highest BCUT2D eigenvalue weighted by Gasteiger charge is 2.31. The maximum atomic E-state index is 13.7. The number of nitrogen functional groups attached to an aromatic ring is 1. The predicted molar refractivity (Wildman–Crippen MR) is 75.3 cm³/mol. The van der Waals surface area contributed by atoms with Crippen LogP contribution in [0.3, 0.4) is 0 Å². The Bertz CT molecular complexity index is 600. The third-order valence-corrected chi connectivity index (χ3v) is 4.87. The van der Waals surface area contributed by atoms with Gasteiger partial charge in [-0.2, -0.15) is 0 Å². The summed E-state index contributed by atoms with van der Waals surface area (Å²) in [6, 6.07) is 3.28. The van der Waals surface area contributed by atoms with E-state index >= 15 is 0 Å². The standard InChI is InChI=1S/C13H19FN2O3S/c1-8(2)7-16-13(17)9(3)20(18,19)12-5-4-10(15)6-11(12)14/h4-6,8-9H,7,15H2,1-3H3,(H,16,17). The fourth-order valence-corrected chi connectivity index (χ4v) is 2.86. The Morgan fingerprint density at radius 3 is 2.45 bits per heavy atom. The van der Waals surface area contributed by atoms with Gasteiger partial charge in [0.2, 0.25) is 5.91 Å². The van der Waals surface area contributed by atoms with E-state index in [1.54, 1.807) is 0 Å². The van der Waals surface area contributed by atoms with Crippen LogP contribution in [0.25, 0.3) is 0 Å². The lowest BCUT2D eigenvalue weighted by Crippen LogP contribution is -2.39. The number of sulfone groups is 1. The number of rotatable bonds is 5. The van der Waals surface area contributed by atoms with Gasteiger partial charge in [-0.3, -0.25) is 4.79 Å². The molecule has 7 heteroatoms. The van der Waals surface area contributed by atoms with Crippen molar-refractivity contribution in [3.8, 4) is 0 Å². The summed E-state index contributed by atoms with van der Waals surface area (Å²) in [5, 5.41) is 1.16. The summed E-state index contributed by atoms with van der Waals surface area (Å²) in [4.78, 5) is 11.3. The minimum atomic E-state index is -4.08. The zero-order valence-corrected chi connectivity index (χ0v) is 12.5. The molecule has 0 bridgehead atoms. The van der Waals surface area contributed by atoms with Crippen molar-refractivity contribution in [3.05, 3.63) is 24.0 Å². The van der Waals surface area contributed by atoms with Crippen LogP contribution in [0, 0.1) is 11.7 Å². The first-order valence-corrected chi connectivity index (χ1v) is 7.77. The summed E-state index contributed by atoms with van der Waals surface area (Å²) < 4.78 is 38.1. The van der Waals surface area contributed by atoms with Crippen molar-refractivity contribution in [3.63, 3.8) is 0 Å². The molecule has 0 heterocycles. The van der Waals surface area contributed by atoms with E-state index in [0.717, 1.165) is 12.1 Å². The van der Waals surface area contributed by atoms with Gasteiger partial charge in [0.15, 0.2) is 9.84 Å². The highest BCUT2D eigenvalue weighted by molar-refractivity contribution is 7.92. The fraction of sp³-hybridized carbons (Fsp3) is 0.462. The van der Waals surface area contributed by atoms with Gasteiger partial charge in [0.25, 0.3) is 0 Å². The summed E-state index contributed by atoms with van der Waals surface area (Å²) in [7, 11) is -4.08. The van der Waals surface area contributed by atoms with Crippen molar-refractivity contribution >= 4 is 21.4 Å². The lowest BCUT2D eigenvalue weighted by Gasteiger charge is -2.15. The second kappa shape index (κ2) is 6.21. The summed E-state index contributed by atoms with van der Waals surface area (Å²) in [5.74, 6) is -1.40. The molecule has 20 heavy (non-hydrogen) atoms. The van der Waals surface area contributed by atoms with Gasteiger partial charge in [-0.1, -0.05) is 13.8 Å². The molecule has 1 aromatic carbocycles. The van der Waals surface area contributed by atoms with E-state index in [1.165, 1.54) is 13.0 Å². The fourth-order valence-electron chi connectivity index (χ4n) is 1.53. The number of amides is 1. The maximum absolute atomic E-state index is 13.7. The average Bonchev–Trinajstić information content (AvgIpc) is 2.34. The van der Waals surface area contributed by atoms with E-state index in [9.17, 15) is 17.6 Å². The summed E-state index contributed by atoms with van der Waals surface area (Å²) >= 11 is 0. The minimum absolute atomic E-state index is 0.123. The molecular weight excluding hydrogens is 283 g/mol. The van der Waals surface area contributed by atoms with Gasteiger partial charge in [0.1, 0.15) is 16.0 Å². The molecule has 3 N–H and O–H groups in total. The Morgan fingerprint density at radius 2 is 1.95 bits per heavy atom. The molecule has 1 atom stereocenters. The quantitative estimate of drug-likeness (QED) is 0.803. The number of carbonyl (C=O) groups excluding carboxylic acids is 1. The van der Waals surface area contributed by atoms with Crippen molar-refractivity contribution in [1.82, 2.24) is 5.32 Å². The molecule has 0 fully saturated rings. The first kappa shape index (κ1) is 16.4. The predicted octanol–water partition coefficient (Wildman–Crippen LogP) is 1.34. The van der Waals surface area contributed by atoms with Crippen LogP contribution in [-0.4, -0.2) is 26.1 Å². The van der Waals surface area contributed by atoms with Crippen molar-refractivity contribution in [2.75, 3.05) is 12.3 Å². The van der Waals surface area contributed by atoms with Gasteiger partial charge in [-0.05, 0) is 31.0 Å². The van der Waals surface area contributed by atoms with Crippen LogP contribution in [0.2, 0.25) is 0 Å². The zero-order chi connectivity index (χ0) is 15.5. The summed E-state index contributed by atoms with van der Waals surface area (Å²) in [6.45, 7) is 5.38. The molecule has 1 aromatic rings. The number of carbonyl (C=O) groups is 1. The number of nitrogens with one attached hydrogen (secondary N) is 1. The molecule has 1 rings (SSSR count). The molecule has 0 spiro atoms. The molecule has 1 unspecified atom stereocenters. The molecular formula is C13H19FN2O3S. The van der Waals surface area contributed by atoms with Crippen LogP contribution in [0.5, 0.6) is 0 Å². The third kappa shape index (κ3) is 3.69. The number of benzene rings is 1.